The summed E-state index contributed by atoms with van der Waals surface area (Å²) in [7, 11) is 0. The zero-order valence-electron chi connectivity index (χ0n) is 9.45. The summed E-state index contributed by atoms with van der Waals surface area (Å²) < 4.78 is 0. The van der Waals surface area contributed by atoms with Gasteiger partial charge in [-0.25, -0.2) is 0 Å². The summed E-state index contributed by atoms with van der Waals surface area (Å²) in [5, 5.41) is 12.6. The molecule has 1 aromatic heterocycles. The number of benzene rings is 1. The Labute approximate surface area is 105 Å². The van der Waals surface area contributed by atoms with Gasteiger partial charge in [-0.1, -0.05) is 30.3 Å². The molecule has 0 radical (unpaired) electrons. The molecular weight excluding hydrogens is 232 g/mol. The average Bonchev–Trinajstić information content (AvgIpc) is 3.00. The quantitative estimate of drug-likeness (QED) is 0.840. The Bertz CT molecular complexity index is 504. The third-order valence-electron chi connectivity index (χ3n) is 3.25. The molecule has 0 saturated heterocycles. The smallest absolute Gasteiger partial charge is 0.179 e. The van der Waals surface area contributed by atoms with Crippen LogP contribution in [0, 0.1) is 5.41 Å². The van der Waals surface area contributed by atoms with E-state index in [-0.39, 0.29) is 0 Å². The Morgan fingerprint density at radius 2 is 2.00 bits per heavy atom. The highest BCUT2D eigenvalue weighted by molar-refractivity contribution is 7.80. The Morgan fingerprint density at radius 1 is 1.24 bits per heavy atom. The number of tetrazole rings is 1. The minimum Gasteiger partial charge on any atom is -0.179 e. The standard InChI is InChI=1S/C12H14N4S/c17-9-12(6-7-12)8-16-14-11(13-15-16)10-4-2-1-3-5-10/h1-5,17H,6-9H2. The molecule has 1 fully saturated rings. The maximum absolute atomic E-state index is 4.41. The third-order valence-corrected chi connectivity index (χ3v) is 3.92. The highest BCUT2D eigenvalue weighted by Crippen LogP contribution is 2.47. The van der Waals surface area contributed by atoms with Crippen LogP contribution in [0.4, 0.5) is 0 Å². The molecule has 4 nitrogen and oxygen atoms in total. The Balaban J connectivity index is 1.79. The predicted molar refractivity (Wildman–Crippen MR) is 68.8 cm³/mol. The van der Waals surface area contributed by atoms with Gasteiger partial charge < -0.3 is 0 Å². The van der Waals surface area contributed by atoms with E-state index < -0.39 is 0 Å². The summed E-state index contributed by atoms with van der Waals surface area (Å²) in [4.78, 5) is 1.70. The van der Waals surface area contributed by atoms with Crippen LogP contribution in [0.15, 0.2) is 30.3 Å². The summed E-state index contributed by atoms with van der Waals surface area (Å²) in [5.74, 6) is 1.59. The van der Waals surface area contributed by atoms with Crippen LogP contribution in [-0.4, -0.2) is 26.0 Å². The van der Waals surface area contributed by atoms with E-state index in [2.05, 4.69) is 28.0 Å². The molecule has 5 heteroatoms. The molecule has 0 unspecified atom stereocenters. The fourth-order valence-electron chi connectivity index (χ4n) is 1.86. The Kier molecular flexibility index (Phi) is 2.63. The van der Waals surface area contributed by atoms with Gasteiger partial charge in [-0.2, -0.15) is 17.4 Å². The fraction of sp³-hybridized carbons (Fsp3) is 0.417. The van der Waals surface area contributed by atoms with Crippen LogP contribution in [0.5, 0.6) is 0 Å². The molecule has 0 atom stereocenters. The lowest BCUT2D eigenvalue weighted by Crippen LogP contribution is -2.15. The van der Waals surface area contributed by atoms with Gasteiger partial charge in [0.05, 0.1) is 6.54 Å². The molecular formula is C12H14N4S. The largest absolute Gasteiger partial charge is 0.204 e. The van der Waals surface area contributed by atoms with E-state index in [1.54, 1.807) is 4.80 Å². The van der Waals surface area contributed by atoms with Crippen molar-refractivity contribution in [3.05, 3.63) is 30.3 Å². The van der Waals surface area contributed by atoms with Crippen molar-refractivity contribution in [3.8, 4) is 11.4 Å². The van der Waals surface area contributed by atoms with Crippen molar-refractivity contribution in [1.29, 1.82) is 0 Å². The zero-order valence-corrected chi connectivity index (χ0v) is 10.3. The van der Waals surface area contributed by atoms with Crippen LogP contribution in [0.3, 0.4) is 0 Å². The van der Waals surface area contributed by atoms with E-state index in [0.717, 1.165) is 17.9 Å². The van der Waals surface area contributed by atoms with E-state index in [9.17, 15) is 0 Å². The SMILES string of the molecule is SCC1(Cn2nnc(-c3ccccc3)n2)CC1. The summed E-state index contributed by atoms with van der Waals surface area (Å²) >= 11 is 4.38. The molecule has 0 amide bonds. The van der Waals surface area contributed by atoms with E-state index in [4.69, 9.17) is 0 Å². The maximum atomic E-state index is 4.41. The number of hydrogen-bond donors (Lipinski definition) is 1. The van der Waals surface area contributed by atoms with Crippen LogP contribution < -0.4 is 0 Å². The van der Waals surface area contributed by atoms with Crippen molar-refractivity contribution in [2.24, 2.45) is 5.41 Å². The molecule has 0 N–H and O–H groups in total. The molecule has 1 saturated carbocycles. The van der Waals surface area contributed by atoms with Gasteiger partial charge >= 0.3 is 0 Å². The van der Waals surface area contributed by atoms with Crippen molar-refractivity contribution < 1.29 is 0 Å². The van der Waals surface area contributed by atoms with Gasteiger partial charge in [0.1, 0.15) is 0 Å². The van der Waals surface area contributed by atoms with Crippen LogP contribution in [-0.2, 0) is 6.54 Å². The molecule has 1 aliphatic rings. The van der Waals surface area contributed by atoms with Gasteiger partial charge in [0.15, 0.2) is 0 Å². The molecule has 88 valence electrons. The van der Waals surface area contributed by atoms with E-state index in [0.29, 0.717) is 11.2 Å². The van der Waals surface area contributed by atoms with Crippen molar-refractivity contribution in [3.63, 3.8) is 0 Å². The lowest BCUT2D eigenvalue weighted by Gasteiger charge is -2.08. The minimum absolute atomic E-state index is 0.317. The van der Waals surface area contributed by atoms with Crippen molar-refractivity contribution in [2.75, 3.05) is 5.75 Å². The van der Waals surface area contributed by atoms with E-state index >= 15 is 0 Å². The summed E-state index contributed by atoms with van der Waals surface area (Å²) in [6.07, 6.45) is 2.44. The lowest BCUT2D eigenvalue weighted by atomic mass is 10.1. The van der Waals surface area contributed by atoms with Crippen LogP contribution >= 0.6 is 12.6 Å². The van der Waals surface area contributed by atoms with E-state index in [1.807, 2.05) is 30.3 Å². The number of thiol groups is 1. The van der Waals surface area contributed by atoms with Gasteiger partial charge in [0, 0.05) is 11.0 Å². The van der Waals surface area contributed by atoms with Gasteiger partial charge in [-0.3, -0.25) is 0 Å². The second kappa shape index (κ2) is 4.14. The van der Waals surface area contributed by atoms with Crippen molar-refractivity contribution in [2.45, 2.75) is 19.4 Å². The second-order valence-corrected chi connectivity index (χ2v) is 4.98. The number of hydrogen-bond acceptors (Lipinski definition) is 4. The summed E-state index contributed by atoms with van der Waals surface area (Å²) in [6.45, 7) is 0.830. The fourth-order valence-corrected chi connectivity index (χ4v) is 2.27. The number of nitrogens with zero attached hydrogens (tertiary/aromatic N) is 4. The first-order chi connectivity index (χ1) is 8.31. The highest BCUT2D eigenvalue weighted by atomic mass is 32.1. The molecule has 1 aliphatic carbocycles. The Hall–Kier alpha value is -1.36. The van der Waals surface area contributed by atoms with Crippen LogP contribution in [0.2, 0.25) is 0 Å². The topological polar surface area (TPSA) is 43.6 Å². The molecule has 2 aromatic rings. The van der Waals surface area contributed by atoms with Crippen molar-refractivity contribution in [1.82, 2.24) is 20.2 Å². The van der Waals surface area contributed by atoms with Gasteiger partial charge in [0.2, 0.25) is 5.82 Å². The van der Waals surface area contributed by atoms with Gasteiger partial charge in [-0.05, 0) is 23.8 Å². The first kappa shape index (κ1) is 10.8. The first-order valence-corrected chi connectivity index (χ1v) is 6.39. The molecule has 3 rings (SSSR count). The minimum atomic E-state index is 0.317. The number of aromatic nitrogens is 4. The maximum Gasteiger partial charge on any atom is 0.204 e. The molecule has 0 aliphatic heterocycles. The van der Waals surface area contributed by atoms with Crippen LogP contribution in [0.1, 0.15) is 12.8 Å². The lowest BCUT2D eigenvalue weighted by molar-refractivity contribution is 0.395. The predicted octanol–water partition coefficient (Wildman–Crippen LogP) is 2.05. The normalized spacial score (nSPS) is 17.0. The molecule has 0 bridgehead atoms. The highest BCUT2D eigenvalue weighted by Gasteiger charge is 2.42. The molecule has 1 aromatic carbocycles. The average molecular weight is 246 g/mol. The molecule has 1 heterocycles. The van der Waals surface area contributed by atoms with E-state index in [1.165, 1.54) is 12.8 Å². The monoisotopic (exact) mass is 246 g/mol. The summed E-state index contributed by atoms with van der Waals surface area (Å²) in [5.41, 5.74) is 1.33. The molecule has 17 heavy (non-hydrogen) atoms. The van der Waals surface area contributed by atoms with Gasteiger partial charge in [0.25, 0.3) is 0 Å². The Morgan fingerprint density at radius 3 is 2.65 bits per heavy atom. The van der Waals surface area contributed by atoms with Gasteiger partial charge in [-0.15, -0.1) is 10.2 Å². The molecule has 0 spiro atoms. The third kappa shape index (κ3) is 2.20. The second-order valence-electron chi connectivity index (χ2n) is 4.67. The zero-order chi connectivity index (χ0) is 11.7. The van der Waals surface area contributed by atoms with Crippen LogP contribution in [0.25, 0.3) is 11.4 Å². The summed E-state index contributed by atoms with van der Waals surface area (Å²) in [6, 6.07) is 9.92. The number of rotatable bonds is 4. The van der Waals surface area contributed by atoms with Crippen molar-refractivity contribution >= 4 is 12.6 Å². The first-order valence-electron chi connectivity index (χ1n) is 5.75.